The fourth-order valence-corrected chi connectivity index (χ4v) is 9.25. The van der Waals surface area contributed by atoms with E-state index in [1.807, 2.05) is 0 Å². The van der Waals surface area contributed by atoms with Crippen LogP contribution in [0.15, 0.2) is 83.5 Å². The lowest BCUT2D eigenvalue weighted by molar-refractivity contribution is 0.106. The van der Waals surface area contributed by atoms with E-state index in [0.29, 0.717) is 6.08 Å². The minimum Gasteiger partial charge on any atom is -0.396 e. The first-order chi connectivity index (χ1) is 26.6. The van der Waals surface area contributed by atoms with Crippen molar-refractivity contribution in [3.8, 4) is 0 Å². The van der Waals surface area contributed by atoms with Gasteiger partial charge < -0.3 is 5.73 Å². The van der Waals surface area contributed by atoms with Crippen molar-refractivity contribution in [1.82, 2.24) is 0 Å². The number of fused-ring (bicyclic) bond motifs is 1. The van der Waals surface area contributed by atoms with Crippen molar-refractivity contribution in [3.63, 3.8) is 0 Å². The number of nitrogens with zero attached hydrogens (tertiary/aromatic N) is 3. The van der Waals surface area contributed by atoms with Gasteiger partial charge in [-0.05, 0) is 54.6 Å². The SMILES string of the molecule is Nc1c(N=Nc2ccc(S(=O)(=O)CCOS(=O)(=O)O)cc2)c(S(=O)(=O)O)c(C=O)c2c1C(=O)/C(=N\Nc1ccc(S(=O)(=O)CCOS(=O)(=O)O)cc1)C(S(=O)(=O)O)=C2. The minimum absolute atomic E-state index is 0.128. The number of aldehydes is 1. The van der Waals surface area contributed by atoms with Crippen LogP contribution >= 0.6 is 0 Å². The molecule has 4 rings (SSSR count). The third kappa shape index (κ3) is 11.2. The number of hydrogen-bond donors (Lipinski definition) is 6. The average Bonchev–Trinajstić information content (AvgIpc) is 3.08. The van der Waals surface area contributed by atoms with Crippen LogP contribution in [-0.2, 0) is 69.1 Å². The maximum Gasteiger partial charge on any atom is 0.397 e. The molecule has 0 saturated heterocycles. The average molecular weight is 932 g/mol. The summed E-state index contributed by atoms with van der Waals surface area (Å²) in [7, 11) is -29.2. The van der Waals surface area contributed by atoms with Crippen molar-refractivity contribution < 1.29 is 86.7 Å². The van der Waals surface area contributed by atoms with Crippen LogP contribution in [0.3, 0.4) is 0 Å². The number of allylic oxidation sites excluding steroid dienone is 1. The molecule has 3 aromatic rings. The smallest absolute Gasteiger partial charge is 0.396 e. The highest BCUT2D eigenvalue weighted by molar-refractivity contribution is 7.92. The normalized spacial score (nSPS) is 15.0. The first-order valence-electron chi connectivity index (χ1n) is 14.9. The molecule has 0 heterocycles. The number of sulfone groups is 2. The predicted molar refractivity (Wildman–Crippen MR) is 197 cm³/mol. The first kappa shape index (κ1) is 45.8. The molecule has 1 aliphatic rings. The fourth-order valence-electron chi connectivity index (χ4n) is 4.79. The summed E-state index contributed by atoms with van der Waals surface area (Å²) < 4.78 is 188. The van der Waals surface area contributed by atoms with Crippen molar-refractivity contribution >= 4 is 107 Å². The van der Waals surface area contributed by atoms with Crippen molar-refractivity contribution in [3.05, 3.63) is 70.1 Å². The van der Waals surface area contributed by atoms with E-state index in [9.17, 15) is 69.2 Å². The number of Topliss-reactive ketones (excluding diaryl/α,β-unsaturated/α-hetero) is 1. The van der Waals surface area contributed by atoms with Crippen molar-refractivity contribution in [1.29, 1.82) is 0 Å². The minimum atomic E-state index is -5.54. The van der Waals surface area contributed by atoms with Gasteiger partial charge in [0.2, 0.25) is 5.78 Å². The third-order valence-corrected chi connectivity index (χ3v) is 13.4. The lowest BCUT2D eigenvalue weighted by Crippen LogP contribution is -2.29. The Hall–Kier alpha value is -4.93. The van der Waals surface area contributed by atoms with Gasteiger partial charge in [0.1, 0.15) is 15.5 Å². The molecule has 0 fully saturated rings. The zero-order valence-electron chi connectivity index (χ0n) is 28.3. The number of benzene rings is 3. The maximum atomic E-state index is 13.9. The van der Waals surface area contributed by atoms with E-state index in [1.165, 1.54) is 0 Å². The molecule has 0 atom stereocenters. The van der Waals surface area contributed by atoms with Crippen molar-refractivity contribution in [2.24, 2.45) is 15.3 Å². The predicted octanol–water partition coefficient (Wildman–Crippen LogP) is 0.823. The summed E-state index contributed by atoms with van der Waals surface area (Å²) in [5.41, 5.74) is 2.13. The van der Waals surface area contributed by atoms with E-state index in [4.69, 9.17) is 14.8 Å². The largest absolute Gasteiger partial charge is 0.397 e. The van der Waals surface area contributed by atoms with Crippen molar-refractivity contribution in [2.45, 2.75) is 14.7 Å². The molecular weight excluding hydrogens is 907 g/mol. The Balaban J connectivity index is 1.77. The molecule has 25 nitrogen and oxygen atoms in total. The highest BCUT2D eigenvalue weighted by Gasteiger charge is 2.39. The molecule has 7 N–H and O–H groups in total. The molecule has 0 bridgehead atoms. The molecule has 1 aliphatic carbocycles. The zero-order chi connectivity index (χ0) is 43.6. The summed E-state index contributed by atoms with van der Waals surface area (Å²) in [6.45, 7) is -1.88. The quantitative estimate of drug-likeness (QED) is 0.0359. The van der Waals surface area contributed by atoms with Gasteiger partial charge in [-0.3, -0.25) is 33.2 Å². The molecule has 0 saturated carbocycles. The molecule has 0 radical (unpaired) electrons. The van der Waals surface area contributed by atoms with E-state index in [1.54, 1.807) is 0 Å². The second-order valence-electron chi connectivity index (χ2n) is 11.1. The number of hydrazone groups is 1. The summed E-state index contributed by atoms with van der Waals surface area (Å²) in [6.07, 6.45) is 0.217. The lowest BCUT2D eigenvalue weighted by atomic mass is 9.89. The number of ketones is 1. The van der Waals surface area contributed by atoms with Gasteiger partial charge >= 0.3 is 20.8 Å². The van der Waals surface area contributed by atoms with Gasteiger partial charge in [-0.1, -0.05) is 0 Å². The Morgan fingerprint density at radius 2 is 1.17 bits per heavy atom. The van der Waals surface area contributed by atoms with Gasteiger partial charge in [-0.15, -0.1) is 5.11 Å². The van der Waals surface area contributed by atoms with E-state index in [-0.39, 0.29) is 22.6 Å². The number of nitrogens with two attached hydrogens (primary N) is 1. The van der Waals surface area contributed by atoms with Gasteiger partial charge in [-0.2, -0.15) is 43.9 Å². The zero-order valence-corrected chi connectivity index (χ0v) is 33.2. The molecule has 0 aromatic heterocycles. The summed E-state index contributed by atoms with van der Waals surface area (Å²) in [5.74, 6) is -3.27. The summed E-state index contributed by atoms with van der Waals surface area (Å²) in [5, 5.41) is 11.0. The molecule has 0 unspecified atom stereocenters. The van der Waals surface area contributed by atoms with Crippen LogP contribution in [0.1, 0.15) is 26.3 Å². The van der Waals surface area contributed by atoms with Crippen LogP contribution in [0.2, 0.25) is 0 Å². The van der Waals surface area contributed by atoms with Crippen LogP contribution in [0.4, 0.5) is 22.7 Å². The molecule has 3 aromatic carbocycles. The van der Waals surface area contributed by atoms with Gasteiger partial charge in [0.05, 0.1) is 57.1 Å². The molecule has 314 valence electrons. The van der Waals surface area contributed by atoms with Crippen LogP contribution in [-0.4, -0.2) is 111 Å². The first-order valence-corrected chi connectivity index (χ1v) is 23.8. The van der Waals surface area contributed by atoms with E-state index < -0.39 is 140 Å². The van der Waals surface area contributed by atoms with Crippen LogP contribution in [0, 0.1) is 0 Å². The number of rotatable bonds is 17. The van der Waals surface area contributed by atoms with Gasteiger partial charge in [0.15, 0.2) is 31.7 Å². The van der Waals surface area contributed by atoms with E-state index in [2.05, 4.69) is 29.1 Å². The monoisotopic (exact) mass is 931 g/mol. The maximum absolute atomic E-state index is 13.9. The second kappa shape index (κ2) is 16.7. The van der Waals surface area contributed by atoms with Crippen LogP contribution < -0.4 is 11.2 Å². The number of nitrogens with one attached hydrogen (secondary N) is 1. The Kier molecular flexibility index (Phi) is 13.2. The molecule has 31 heteroatoms. The summed E-state index contributed by atoms with van der Waals surface area (Å²) >= 11 is 0. The number of azo groups is 1. The highest BCUT2D eigenvalue weighted by Crippen LogP contribution is 2.43. The molecule has 0 aliphatic heterocycles. The Labute approximate surface area is 328 Å². The third-order valence-electron chi connectivity index (χ3n) is 7.29. The van der Waals surface area contributed by atoms with E-state index in [0.717, 1.165) is 48.5 Å². The Morgan fingerprint density at radius 3 is 1.60 bits per heavy atom. The molecule has 0 spiro atoms. The highest BCUT2D eigenvalue weighted by atomic mass is 32.3. The van der Waals surface area contributed by atoms with Gasteiger partial charge in [-0.25, -0.2) is 25.2 Å². The van der Waals surface area contributed by atoms with E-state index >= 15 is 0 Å². The van der Waals surface area contributed by atoms with Crippen molar-refractivity contribution in [2.75, 3.05) is 35.9 Å². The number of hydrogen-bond acceptors (Lipinski definition) is 21. The number of anilines is 2. The topological polar surface area (TPSA) is 413 Å². The molecule has 58 heavy (non-hydrogen) atoms. The number of carbonyl (C=O) groups excluding carboxylic acids is 2. The van der Waals surface area contributed by atoms with Gasteiger partial charge in [0, 0.05) is 11.1 Å². The molecular formula is C27H25N5O20S6. The van der Waals surface area contributed by atoms with Crippen LogP contribution in [0.5, 0.6) is 0 Å². The summed E-state index contributed by atoms with van der Waals surface area (Å²) in [4.78, 5) is 22.7. The lowest BCUT2D eigenvalue weighted by Gasteiger charge is -2.21. The molecule has 0 amide bonds. The fraction of sp³-hybridized carbons (Fsp3) is 0.148. The summed E-state index contributed by atoms with van der Waals surface area (Å²) in [6, 6.07) is 7.95. The number of carbonyl (C=O) groups is 2. The standard InChI is InChI=1S/C27H25N5O20S6/c28-23-22-19(13-21(55(39,40)41)24(26(22)34)31-29-15-1-5-17(6-2-15)53(35,36)11-9-51-57(45,46)47)20(14-33)27(56(42,43)44)25(23)32-30-16-3-7-18(8-4-16)54(37,38)12-10-52-58(48,49)50/h1-8,13-14,29H,9-12,28H2,(H,39,40,41)(H,42,43,44)(H,45,46,47)(H,48,49,50)/b31-24-,32-30?. The van der Waals surface area contributed by atoms with Gasteiger partial charge in [0.25, 0.3) is 20.2 Å². The number of nitrogen functional groups attached to an aromatic ring is 1. The second-order valence-corrected chi connectivity index (χ2v) is 20.3. The Morgan fingerprint density at radius 1 is 0.690 bits per heavy atom. The Bertz CT molecular complexity index is 2960. The van der Waals surface area contributed by atoms with Crippen LogP contribution in [0.25, 0.3) is 6.08 Å².